The van der Waals surface area contributed by atoms with Crippen LogP contribution >= 0.6 is 0 Å². The van der Waals surface area contributed by atoms with Gasteiger partial charge in [0.05, 0.1) is 5.69 Å². The second-order valence-corrected chi connectivity index (χ2v) is 11.6. The van der Waals surface area contributed by atoms with Gasteiger partial charge in [0.25, 0.3) is 0 Å². The fourth-order valence-corrected chi connectivity index (χ4v) is 7.93. The molecule has 6 rings (SSSR count). The van der Waals surface area contributed by atoms with Crippen molar-refractivity contribution in [1.29, 1.82) is 0 Å². The van der Waals surface area contributed by atoms with Crippen LogP contribution in [-0.2, 0) is 4.79 Å². The molecule has 1 aromatic heterocycles. The molecule has 0 radical (unpaired) electrons. The molecule has 6 heteroatoms. The number of fused-ring (bicyclic) bond motifs is 4. The number of halogens is 3. The summed E-state index contributed by atoms with van der Waals surface area (Å²) in [5, 5.41) is 11.2. The van der Waals surface area contributed by atoms with Crippen LogP contribution in [0, 0.1) is 17.3 Å². The van der Waals surface area contributed by atoms with E-state index < -0.39 is 17.2 Å². The van der Waals surface area contributed by atoms with E-state index >= 15 is 0 Å². The summed E-state index contributed by atoms with van der Waals surface area (Å²) >= 11 is 0. The van der Waals surface area contributed by atoms with Crippen molar-refractivity contribution < 1.29 is 23.1 Å². The number of hydrogen-bond donors (Lipinski definition) is 1. The molecule has 0 saturated heterocycles. The molecule has 0 spiro atoms. The summed E-state index contributed by atoms with van der Waals surface area (Å²) in [5.74, 6) is -0.336. The molecule has 0 amide bonds. The Bertz CT molecular complexity index is 1340. The minimum absolute atomic E-state index is 0.0146. The van der Waals surface area contributed by atoms with Crippen molar-refractivity contribution in [3.8, 4) is 0 Å². The predicted octanol–water partition coefficient (Wildman–Crippen LogP) is 7.44. The molecule has 1 heterocycles. The molecular weight excluding hydrogens is 487 g/mol. The SMILES string of the molecule is C[C@]12C[C@H](c3ccc(/C=C/c4ccccn4)cc3)C3=C4CCC(=O)C=C4CCC3C1CC[C@@]2(O)C(F)(F)F. The van der Waals surface area contributed by atoms with Gasteiger partial charge in [-0.05, 0) is 96.9 Å². The summed E-state index contributed by atoms with van der Waals surface area (Å²) in [4.78, 5) is 16.5. The summed E-state index contributed by atoms with van der Waals surface area (Å²) in [6.45, 7) is 1.67. The molecule has 3 nitrogen and oxygen atoms in total. The van der Waals surface area contributed by atoms with E-state index in [1.54, 1.807) is 19.2 Å². The minimum atomic E-state index is -4.68. The number of hydrogen-bond acceptors (Lipinski definition) is 3. The largest absolute Gasteiger partial charge is 0.417 e. The Labute approximate surface area is 221 Å². The van der Waals surface area contributed by atoms with E-state index in [1.807, 2.05) is 54.6 Å². The first-order valence-electron chi connectivity index (χ1n) is 13.6. The summed E-state index contributed by atoms with van der Waals surface area (Å²) < 4.78 is 43.1. The summed E-state index contributed by atoms with van der Waals surface area (Å²) in [5.41, 5.74) is 2.32. The van der Waals surface area contributed by atoms with E-state index in [9.17, 15) is 23.1 Å². The zero-order chi connectivity index (χ0) is 26.7. The Morgan fingerprint density at radius 1 is 1.03 bits per heavy atom. The lowest BCUT2D eigenvalue weighted by molar-refractivity contribution is -0.299. The van der Waals surface area contributed by atoms with Gasteiger partial charge in [-0.1, -0.05) is 48.9 Å². The van der Waals surface area contributed by atoms with E-state index in [4.69, 9.17) is 0 Å². The monoisotopic (exact) mass is 519 g/mol. The molecule has 1 aromatic carbocycles. The Balaban J connectivity index is 1.42. The summed E-state index contributed by atoms with van der Waals surface area (Å²) in [6, 6.07) is 13.7. The van der Waals surface area contributed by atoms with Crippen molar-refractivity contribution in [2.24, 2.45) is 17.3 Å². The van der Waals surface area contributed by atoms with Crippen LogP contribution in [-0.4, -0.2) is 27.7 Å². The van der Waals surface area contributed by atoms with Gasteiger partial charge >= 0.3 is 6.18 Å². The van der Waals surface area contributed by atoms with Crippen LogP contribution in [0.4, 0.5) is 13.2 Å². The maximum absolute atomic E-state index is 14.4. The first-order chi connectivity index (χ1) is 18.1. The molecule has 0 aliphatic heterocycles. The topological polar surface area (TPSA) is 50.2 Å². The average Bonchev–Trinajstić information content (AvgIpc) is 3.19. The van der Waals surface area contributed by atoms with E-state index in [2.05, 4.69) is 4.98 Å². The lowest BCUT2D eigenvalue weighted by Gasteiger charge is -2.55. The highest BCUT2D eigenvalue weighted by Gasteiger charge is 2.72. The molecule has 5 atom stereocenters. The van der Waals surface area contributed by atoms with Gasteiger partial charge in [0.1, 0.15) is 0 Å². The maximum Gasteiger partial charge on any atom is 0.417 e. The van der Waals surface area contributed by atoms with Crippen LogP contribution in [0.2, 0.25) is 0 Å². The molecule has 0 bridgehead atoms. The second-order valence-electron chi connectivity index (χ2n) is 11.6. The standard InChI is InChI=1S/C32H32F3NO2/c1-30-19-27(21-8-5-20(6-9-21)7-11-23-4-2-3-17-36-23)29-25-14-12-24(37)18-22(25)10-13-26(29)28(30)15-16-31(30,38)32(33,34)35/h2-9,11,17-18,26-28,38H,10,12-16,19H2,1H3/b11-7+/t26?,27-,28?,30+,31+/m1/s1. The second kappa shape index (κ2) is 9.04. The molecule has 2 saturated carbocycles. The van der Waals surface area contributed by atoms with Gasteiger partial charge in [-0.15, -0.1) is 0 Å². The number of allylic oxidation sites excluding steroid dienone is 4. The molecule has 2 fully saturated rings. The molecule has 4 aliphatic carbocycles. The number of alkyl halides is 3. The van der Waals surface area contributed by atoms with E-state index in [1.165, 1.54) is 11.1 Å². The highest BCUT2D eigenvalue weighted by molar-refractivity contribution is 5.93. The third kappa shape index (κ3) is 3.91. The van der Waals surface area contributed by atoms with E-state index in [0.717, 1.165) is 35.2 Å². The number of aromatic nitrogens is 1. The molecule has 2 unspecified atom stereocenters. The van der Waals surface area contributed by atoms with Gasteiger partial charge in [-0.3, -0.25) is 9.78 Å². The quantitative estimate of drug-likeness (QED) is 0.458. The highest BCUT2D eigenvalue weighted by Crippen LogP contribution is 2.69. The lowest BCUT2D eigenvalue weighted by atomic mass is 9.51. The third-order valence-electron chi connectivity index (χ3n) is 9.83. The number of pyridine rings is 1. The Hall–Kier alpha value is -2.99. The number of carbonyl (C=O) groups excluding carboxylic acids is 1. The van der Waals surface area contributed by atoms with Gasteiger partial charge in [0.15, 0.2) is 11.4 Å². The van der Waals surface area contributed by atoms with Gasteiger partial charge in [0.2, 0.25) is 0 Å². The molecule has 1 N–H and O–H groups in total. The Morgan fingerprint density at radius 2 is 1.82 bits per heavy atom. The number of carbonyl (C=O) groups is 1. The first-order valence-corrected chi connectivity index (χ1v) is 13.6. The van der Waals surface area contributed by atoms with Crippen molar-refractivity contribution >= 4 is 17.9 Å². The van der Waals surface area contributed by atoms with Gasteiger partial charge in [-0.25, -0.2) is 0 Å². The predicted molar refractivity (Wildman–Crippen MR) is 141 cm³/mol. The zero-order valence-corrected chi connectivity index (χ0v) is 21.5. The highest BCUT2D eigenvalue weighted by atomic mass is 19.4. The van der Waals surface area contributed by atoms with Crippen LogP contribution in [0.3, 0.4) is 0 Å². The first kappa shape index (κ1) is 25.3. The van der Waals surface area contributed by atoms with Crippen LogP contribution in [0.15, 0.2) is 71.5 Å². The molecular formula is C32H32F3NO2. The number of ketones is 1. The van der Waals surface area contributed by atoms with Crippen molar-refractivity contribution in [3.63, 3.8) is 0 Å². The minimum Gasteiger partial charge on any atom is -0.380 e. The van der Waals surface area contributed by atoms with Crippen molar-refractivity contribution in [2.75, 3.05) is 0 Å². The normalized spacial score (nSPS) is 33.1. The van der Waals surface area contributed by atoms with Crippen molar-refractivity contribution in [2.45, 2.75) is 69.6 Å². The fraction of sp³-hybridized carbons (Fsp3) is 0.438. The number of nitrogens with zero attached hydrogens (tertiary/aromatic N) is 1. The Kier molecular flexibility index (Phi) is 6.02. The van der Waals surface area contributed by atoms with Crippen LogP contribution in [0.1, 0.15) is 74.6 Å². The molecule has 38 heavy (non-hydrogen) atoms. The maximum atomic E-state index is 14.4. The van der Waals surface area contributed by atoms with Gasteiger partial charge in [0, 0.05) is 24.0 Å². The van der Waals surface area contributed by atoms with Gasteiger partial charge in [-0.2, -0.15) is 13.2 Å². The number of aliphatic hydroxyl groups is 1. The van der Waals surface area contributed by atoms with E-state index in [-0.39, 0.29) is 36.4 Å². The van der Waals surface area contributed by atoms with Crippen LogP contribution in [0.5, 0.6) is 0 Å². The van der Waals surface area contributed by atoms with Crippen LogP contribution in [0.25, 0.3) is 12.2 Å². The lowest BCUT2D eigenvalue weighted by Crippen LogP contribution is -2.58. The number of benzene rings is 1. The fourth-order valence-electron chi connectivity index (χ4n) is 7.93. The average molecular weight is 520 g/mol. The summed E-state index contributed by atoms with van der Waals surface area (Å²) in [6.07, 6.45) is 5.65. The molecule has 4 aliphatic rings. The summed E-state index contributed by atoms with van der Waals surface area (Å²) in [7, 11) is 0. The molecule has 198 valence electrons. The van der Waals surface area contributed by atoms with Crippen LogP contribution < -0.4 is 0 Å². The Morgan fingerprint density at radius 3 is 2.53 bits per heavy atom. The molecule has 2 aromatic rings. The van der Waals surface area contributed by atoms with Crippen molar-refractivity contribution in [3.05, 3.63) is 88.3 Å². The van der Waals surface area contributed by atoms with E-state index in [0.29, 0.717) is 19.3 Å². The third-order valence-corrected chi connectivity index (χ3v) is 9.83. The number of rotatable bonds is 3. The smallest absolute Gasteiger partial charge is 0.380 e. The van der Waals surface area contributed by atoms with Crippen molar-refractivity contribution in [1.82, 2.24) is 4.98 Å². The van der Waals surface area contributed by atoms with Gasteiger partial charge < -0.3 is 5.11 Å². The zero-order valence-electron chi connectivity index (χ0n) is 21.5.